The van der Waals surface area contributed by atoms with Crippen LogP contribution in [-0.4, -0.2) is 20.7 Å². The molecule has 158 valence electrons. The molecule has 0 radical (unpaired) electrons. The van der Waals surface area contributed by atoms with Crippen LogP contribution in [0.4, 0.5) is 19.0 Å². The maximum absolute atomic E-state index is 14.0. The molecule has 0 saturated heterocycles. The Morgan fingerprint density at radius 3 is 2.42 bits per heavy atom. The van der Waals surface area contributed by atoms with Gasteiger partial charge in [0.25, 0.3) is 5.91 Å². The van der Waals surface area contributed by atoms with Crippen LogP contribution in [0.15, 0.2) is 36.4 Å². The largest absolute Gasteiger partial charge is 0.306 e. The third-order valence-corrected chi connectivity index (χ3v) is 5.01. The van der Waals surface area contributed by atoms with E-state index in [9.17, 15) is 18.0 Å². The number of amides is 1. The van der Waals surface area contributed by atoms with Gasteiger partial charge in [-0.25, -0.2) is 18.2 Å². The number of nitrogens with one attached hydrogen (secondary N) is 1. The summed E-state index contributed by atoms with van der Waals surface area (Å²) in [5, 5.41) is 7.92. The van der Waals surface area contributed by atoms with Crippen LogP contribution in [0.5, 0.6) is 0 Å². The molecule has 1 N–H and O–H groups in total. The van der Waals surface area contributed by atoms with Gasteiger partial charge in [0.1, 0.15) is 5.82 Å². The van der Waals surface area contributed by atoms with E-state index in [4.69, 9.17) is 4.98 Å². The molecule has 1 amide bonds. The average molecular weight is 424 g/mol. The van der Waals surface area contributed by atoms with Gasteiger partial charge in [-0.05, 0) is 63.1 Å². The van der Waals surface area contributed by atoms with Crippen LogP contribution in [-0.2, 0) is 0 Å². The molecule has 0 atom stereocenters. The molecule has 4 aromatic rings. The van der Waals surface area contributed by atoms with E-state index < -0.39 is 28.9 Å². The molecule has 0 aliphatic heterocycles. The Labute approximate surface area is 176 Å². The SMILES string of the molecule is Cc1cc(C)c2nc(-n3nc(C)cc3NC(=O)c3ccc(F)c(F)c3F)cc(C)c2c1. The lowest BCUT2D eigenvalue weighted by Crippen LogP contribution is -2.18. The number of hydrogen-bond acceptors (Lipinski definition) is 3. The molecule has 0 bridgehead atoms. The predicted octanol–water partition coefficient (Wildman–Crippen LogP) is 5.32. The predicted molar refractivity (Wildman–Crippen MR) is 112 cm³/mol. The van der Waals surface area contributed by atoms with E-state index in [2.05, 4.69) is 16.5 Å². The molecule has 0 spiro atoms. The lowest BCUT2D eigenvalue weighted by atomic mass is 10.0. The molecule has 2 aromatic carbocycles. The van der Waals surface area contributed by atoms with Crippen LogP contribution in [0.25, 0.3) is 16.7 Å². The second kappa shape index (κ2) is 7.54. The van der Waals surface area contributed by atoms with Crippen LogP contribution < -0.4 is 5.32 Å². The van der Waals surface area contributed by atoms with Gasteiger partial charge in [-0.1, -0.05) is 11.6 Å². The number of benzene rings is 2. The van der Waals surface area contributed by atoms with Gasteiger partial charge in [0.15, 0.2) is 23.3 Å². The van der Waals surface area contributed by atoms with Gasteiger partial charge >= 0.3 is 0 Å². The summed E-state index contributed by atoms with van der Waals surface area (Å²) < 4.78 is 42.2. The number of hydrogen-bond donors (Lipinski definition) is 1. The van der Waals surface area contributed by atoms with Crippen molar-refractivity contribution in [2.24, 2.45) is 0 Å². The number of rotatable bonds is 3. The van der Waals surface area contributed by atoms with E-state index in [0.717, 1.165) is 33.7 Å². The molecular formula is C23H19F3N4O. The summed E-state index contributed by atoms with van der Waals surface area (Å²) in [6.07, 6.45) is 0. The zero-order valence-corrected chi connectivity index (χ0v) is 17.3. The Balaban J connectivity index is 1.78. The fourth-order valence-corrected chi connectivity index (χ4v) is 3.58. The number of aromatic nitrogens is 3. The third kappa shape index (κ3) is 3.65. The molecule has 4 rings (SSSR count). The van der Waals surface area contributed by atoms with Gasteiger partial charge in [0.05, 0.1) is 16.8 Å². The number of carbonyl (C=O) groups is 1. The number of nitrogens with zero attached hydrogens (tertiary/aromatic N) is 3. The summed E-state index contributed by atoms with van der Waals surface area (Å²) in [6, 6.07) is 9.09. The van der Waals surface area contributed by atoms with E-state index in [0.29, 0.717) is 17.6 Å². The molecule has 0 saturated carbocycles. The van der Waals surface area contributed by atoms with Crippen LogP contribution >= 0.6 is 0 Å². The standard InChI is InChI=1S/C23H19F3N4O/c1-11-7-13(3)22-16(8-11)12(2)9-18(27-22)30-19(10-14(4)29-30)28-23(31)15-5-6-17(24)21(26)20(15)25/h5-10H,1-4H3,(H,28,31). The first kappa shape index (κ1) is 20.6. The monoisotopic (exact) mass is 424 g/mol. The number of carbonyl (C=O) groups excluding carboxylic acids is 1. The quantitative estimate of drug-likeness (QED) is 0.453. The minimum atomic E-state index is -1.70. The highest BCUT2D eigenvalue weighted by Crippen LogP contribution is 2.26. The van der Waals surface area contributed by atoms with Gasteiger partial charge in [-0.3, -0.25) is 4.79 Å². The lowest BCUT2D eigenvalue weighted by Gasteiger charge is -2.13. The molecule has 5 nitrogen and oxygen atoms in total. The van der Waals surface area contributed by atoms with E-state index in [1.807, 2.05) is 32.9 Å². The molecule has 31 heavy (non-hydrogen) atoms. The first-order valence-corrected chi connectivity index (χ1v) is 9.56. The number of anilines is 1. The average Bonchev–Trinajstić information content (AvgIpc) is 3.06. The summed E-state index contributed by atoms with van der Waals surface area (Å²) >= 11 is 0. The molecule has 0 aliphatic rings. The topological polar surface area (TPSA) is 59.8 Å². The first-order valence-electron chi connectivity index (χ1n) is 9.56. The maximum Gasteiger partial charge on any atom is 0.259 e. The second-order valence-corrected chi connectivity index (χ2v) is 7.54. The molecule has 2 heterocycles. The Morgan fingerprint density at radius 1 is 0.935 bits per heavy atom. The highest BCUT2D eigenvalue weighted by molar-refractivity contribution is 6.04. The van der Waals surface area contributed by atoms with Crippen molar-refractivity contribution < 1.29 is 18.0 Å². The highest BCUT2D eigenvalue weighted by Gasteiger charge is 2.21. The van der Waals surface area contributed by atoms with Crippen LogP contribution in [0.3, 0.4) is 0 Å². The van der Waals surface area contributed by atoms with Crippen LogP contribution in [0, 0.1) is 45.1 Å². The van der Waals surface area contributed by atoms with Gasteiger partial charge in [-0.15, -0.1) is 0 Å². The van der Waals surface area contributed by atoms with Crippen LogP contribution in [0.2, 0.25) is 0 Å². The fourth-order valence-electron chi connectivity index (χ4n) is 3.58. The van der Waals surface area contributed by atoms with Crippen molar-refractivity contribution in [3.05, 3.63) is 81.8 Å². The van der Waals surface area contributed by atoms with Crippen LogP contribution in [0.1, 0.15) is 32.7 Å². The van der Waals surface area contributed by atoms with Crippen molar-refractivity contribution in [1.82, 2.24) is 14.8 Å². The highest BCUT2D eigenvalue weighted by atomic mass is 19.2. The summed E-state index contributed by atoms with van der Waals surface area (Å²) in [5.41, 5.74) is 3.87. The Kier molecular flexibility index (Phi) is 5.00. The Bertz CT molecular complexity index is 1360. The Morgan fingerprint density at radius 2 is 1.68 bits per heavy atom. The zero-order valence-electron chi connectivity index (χ0n) is 17.3. The normalized spacial score (nSPS) is 11.2. The fraction of sp³-hybridized carbons (Fsp3) is 0.174. The zero-order chi connectivity index (χ0) is 22.4. The van der Waals surface area contributed by atoms with Gasteiger partial charge < -0.3 is 5.32 Å². The van der Waals surface area contributed by atoms with Gasteiger partial charge in [0, 0.05) is 11.5 Å². The van der Waals surface area contributed by atoms with E-state index in [-0.39, 0.29) is 5.82 Å². The lowest BCUT2D eigenvalue weighted by molar-refractivity contribution is 0.102. The minimum Gasteiger partial charge on any atom is -0.306 e. The summed E-state index contributed by atoms with van der Waals surface area (Å²) in [4.78, 5) is 17.3. The van der Waals surface area contributed by atoms with E-state index in [1.54, 1.807) is 13.0 Å². The van der Waals surface area contributed by atoms with Crippen molar-refractivity contribution in [2.75, 3.05) is 5.32 Å². The van der Waals surface area contributed by atoms with E-state index in [1.165, 1.54) is 4.68 Å². The molecule has 0 aliphatic carbocycles. The second-order valence-electron chi connectivity index (χ2n) is 7.54. The minimum absolute atomic E-state index is 0.225. The number of fused-ring (bicyclic) bond motifs is 1. The first-order chi connectivity index (χ1) is 14.7. The van der Waals surface area contributed by atoms with Crippen molar-refractivity contribution in [1.29, 1.82) is 0 Å². The van der Waals surface area contributed by atoms with Crippen molar-refractivity contribution in [3.63, 3.8) is 0 Å². The molecule has 2 aromatic heterocycles. The van der Waals surface area contributed by atoms with Gasteiger partial charge in [0.2, 0.25) is 0 Å². The molecule has 8 heteroatoms. The number of pyridine rings is 1. The molecule has 0 unspecified atom stereocenters. The summed E-state index contributed by atoms with van der Waals surface area (Å²) in [6.45, 7) is 7.67. The maximum atomic E-state index is 14.0. The van der Waals surface area contributed by atoms with E-state index >= 15 is 0 Å². The third-order valence-electron chi connectivity index (χ3n) is 5.01. The van der Waals surface area contributed by atoms with Crippen molar-refractivity contribution >= 4 is 22.6 Å². The number of aryl methyl sites for hydroxylation is 4. The number of halogens is 3. The molecule has 0 fully saturated rings. The van der Waals surface area contributed by atoms with Crippen molar-refractivity contribution in [3.8, 4) is 5.82 Å². The summed E-state index contributed by atoms with van der Waals surface area (Å²) in [5.74, 6) is -4.85. The van der Waals surface area contributed by atoms with Crippen molar-refractivity contribution in [2.45, 2.75) is 27.7 Å². The summed E-state index contributed by atoms with van der Waals surface area (Å²) in [7, 11) is 0. The molecular weight excluding hydrogens is 405 g/mol. The van der Waals surface area contributed by atoms with Gasteiger partial charge in [-0.2, -0.15) is 9.78 Å². The Hall–Kier alpha value is -3.68. The smallest absolute Gasteiger partial charge is 0.259 e.